The molecule has 3 rings (SSSR count). The molecule has 1 N–H and O–H groups in total. The van der Waals surface area contributed by atoms with Crippen molar-refractivity contribution in [2.24, 2.45) is 5.41 Å². The van der Waals surface area contributed by atoms with E-state index >= 15 is 0 Å². The third-order valence-corrected chi connectivity index (χ3v) is 3.92. The van der Waals surface area contributed by atoms with Crippen LogP contribution in [0.5, 0.6) is 0 Å². The number of carbonyl (C=O) groups is 1. The fourth-order valence-electron chi connectivity index (χ4n) is 2.81. The lowest BCUT2D eigenvalue weighted by atomic mass is 9.71. The maximum Gasteiger partial charge on any atom is 0.235 e. The van der Waals surface area contributed by atoms with Crippen LogP contribution in [-0.2, 0) is 4.79 Å². The van der Waals surface area contributed by atoms with Gasteiger partial charge in [0.1, 0.15) is 11.6 Å². The van der Waals surface area contributed by atoms with Gasteiger partial charge in [-0.2, -0.15) is 0 Å². The molecule has 96 valence electrons. The summed E-state index contributed by atoms with van der Waals surface area (Å²) in [7, 11) is 0. The second-order valence-electron chi connectivity index (χ2n) is 5.02. The van der Waals surface area contributed by atoms with Crippen LogP contribution < -0.4 is 10.2 Å². The molecular formula is C13H14F2N2O. The molecule has 1 spiro atoms. The number of amides is 1. The Hall–Kier alpha value is -1.49. The first-order valence-electron chi connectivity index (χ1n) is 6.10. The number of nitrogens with one attached hydrogen (secondary N) is 1. The molecule has 0 radical (unpaired) electrons. The molecule has 0 atom stereocenters. The van der Waals surface area contributed by atoms with Crippen molar-refractivity contribution in [3.63, 3.8) is 0 Å². The lowest BCUT2D eigenvalue weighted by Gasteiger charge is -2.50. The topological polar surface area (TPSA) is 32.3 Å². The van der Waals surface area contributed by atoms with Gasteiger partial charge in [-0.1, -0.05) is 0 Å². The van der Waals surface area contributed by atoms with Crippen LogP contribution in [0, 0.1) is 17.0 Å². The summed E-state index contributed by atoms with van der Waals surface area (Å²) in [5, 5.41) is 3.21. The molecule has 1 aromatic carbocycles. The van der Waals surface area contributed by atoms with Crippen LogP contribution in [0.25, 0.3) is 0 Å². The molecule has 2 fully saturated rings. The van der Waals surface area contributed by atoms with E-state index in [-0.39, 0.29) is 17.0 Å². The van der Waals surface area contributed by atoms with Crippen molar-refractivity contribution in [1.82, 2.24) is 5.32 Å². The Morgan fingerprint density at radius 1 is 1.22 bits per heavy atom. The Morgan fingerprint density at radius 2 is 1.94 bits per heavy atom. The zero-order valence-corrected chi connectivity index (χ0v) is 9.88. The minimum absolute atomic E-state index is 0.0329. The largest absolute Gasteiger partial charge is 0.317 e. The van der Waals surface area contributed by atoms with Gasteiger partial charge in [0.05, 0.1) is 11.1 Å². The first kappa shape index (κ1) is 11.6. The number of hydrogen-bond donors (Lipinski definition) is 1. The average molecular weight is 252 g/mol. The van der Waals surface area contributed by atoms with E-state index in [2.05, 4.69) is 5.32 Å². The van der Waals surface area contributed by atoms with Gasteiger partial charge in [0.25, 0.3) is 0 Å². The standard InChI is InChI=1S/C13H14F2N2O/c14-9-1-2-11(10(15)7-9)17-8-13(12(17)18)3-5-16-6-4-13/h1-2,7,16H,3-6,8H2. The number of β-lactam (4-membered cyclic amide) rings is 1. The monoisotopic (exact) mass is 252 g/mol. The number of halogens is 2. The number of carbonyl (C=O) groups excluding carboxylic acids is 1. The van der Waals surface area contributed by atoms with Crippen LogP contribution in [0.1, 0.15) is 12.8 Å². The second kappa shape index (κ2) is 4.02. The first-order chi connectivity index (χ1) is 8.62. The maximum absolute atomic E-state index is 13.6. The van der Waals surface area contributed by atoms with E-state index in [0.29, 0.717) is 6.54 Å². The first-order valence-corrected chi connectivity index (χ1v) is 6.10. The summed E-state index contributed by atoms with van der Waals surface area (Å²) in [5.74, 6) is -1.33. The van der Waals surface area contributed by atoms with Gasteiger partial charge < -0.3 is 10.2 Å². The molecule has 2 saturated heterocycles. The number of piperidine rings is 1. The molecule has 1 amide bonds. The summed E-state index contributed by atoms with van der Waals surface area (Å²) in [4.78, 5) is 13.6. The normalized spacial score (nSPS) is 22.1. The highest BCUT2D eigenvalue weighted by molar-refractivity contribution is 6.04. The number of hydrogen-bond acceptors (Lipinski definition) is 2. The molecule has 0 aromatic heterocycles. The van der Waals surface area contributed by atoms with Crippen molar-refractivity contribution in [3.8, 4) is 0 Å². The lowest BCUT2D eigenvalue weighted by molar-refractivity contribution is -0.137. The van der Waals surface area contributed by atoms with Gasteiger partial charge in [0.15, 0.2) is 0 Å². The van der Waals surface area contributed by atoms with Gasteiger partial charge >= 0.3 is 0 Å². The molecule has 0 bridgehead atoms. The van der Waals surface area contributed by atoms with E-state index in [9.17, 15) is 13.6 Å². The quantitative estimate of drug-likeness (QED) is 0.771. The zero-order valence-electron chi connectivity index (χ0n) is 9.88. The van der Waals surface area contributed by atoms with E-state index < -0.39 is 11.6 Å². The van der Waals surface area contributed by atoms with Gasteiger partial charge in [-0.3, -0.25) is 4.79 Å². The van der Waals surface area contributed by atoms with Gasteiger partial charge in [0.2, 0.25) is 5.91 Å². The molecule has 1 aromatic rings. The highest BCUT2D eigenvalue weighted by Gasteiger charge is 2.53. The third-order valence-electron chi connectivity index (χ3n) is 3.92. The Bertz CT molecular complexity index is 498. The molecule has 0 unspecified atom stereocenters. The predicted molar refractivity (Wildman–Crippen MR) is 63.2 cm³/mol. The summed E-state index contributed by atoms with van der Waals surface area (Å²) in [6, 6.07) is 3.33. The Labute approximate surface area is 104 Å². The SMILES string of the molecule is O=C1N(c2ccc(F)cc2F)CC12CCNCC2. The fourth-order valence-corrected chi connectivity index (χ4v) is 2.81. The van der Waals surface area contributed by atoms with Crippen LogP contribution >= 0.6 is 0 Å². The molecule has 0 saturated carbocycles. The van der Waals surface area contributed by atoms with E-state index in [4.69, 9.17) is 0 Å². The zero-order chi connectivity index (χ0) is 12.8. The molecular weight excluding hydrogens is 238 g/mol. The molecule has 2 aliphatic rings. The van der Waals surface area contributed by atoms with Crippen LogP contribution in [-0.4, -0.2) is 25.5 Å². The molecule has 0 aliphatic carbocycles. The minimum atomic E-state index is -0.674. The highest BCUT2D eigenvalue weighted by Crippen LogP contribution is 2.43. The second-order valence-corrected chi connectivity index (χ2v) is 5.02. The minimum Gasteiger partial charge on any atom is -0.317 e. The Kier molecular flexibility index (Phi) is 2.59. The summed E-state index contributed by atoms with van der Waals surface area (Å²) in [5.41, 5.74) is -0.128. The Morgan fingerprint density at radius 3 is 2.56 bits per heavy atom. The van der Waals surface area contributed by atoms with Gasteiger partial charge in [-0.15, -0.1) is 0 Å². The predicted octanol–water partition coefficient (Wildman–Crippen LogP) is 1.68. The van der Waals surface area contributed by atoms with Crippen molar-refractivity contribution >= 4 is 11.6 Å². The van der Waals surface area contributed by atoms with Crippen LogP contribution in [0.3, 0.4) is 0 Å². The van der Waals surface area contributed by atoms with E-state index in [1.165, 1.54) is 17.0 Å². The summed E-state index contributed by atoms with van der Waals surface area (Å²) in [6.07, 6.45) is 1.59. The van der Waals surface area contributed by atoms with Gasteiger partial charge in [0, 0.05) is 12.6 Å². The molecule has 18 heavy (non-hydrogen) atoms. The Balaban J connectivity index is 1.82. The van der Waals surface area contributed by atoms with Crippen molar-refractivity contribution in [2.45, 2.75) is 12.8 Å². The highest BCUT2D eigenvalue weighted by atomic mass is 19.1. The maximum atomic E-state index is 13.6. The summed E-state index contributed by atoms with van der Waals surface area (Å²) >= 11 is 0. The summed E-state index contributed by atoms with van der Waals surface area (Å²) in [6.45, 7) is 2.19. The van der Waals surface area contributed by atoms with E-state index in [1.807, 2.05) is 0 Å². The number of benzene rings is 1. The molecule has 2 aliphatic heterocycles. The average Bonchev–Trinajstić information content (AvgIpc) is 2.38. The van der Waals surface area contributed by atoms with Gasteiger partial charge in [-0.05, 0) is 38.1 Å². The smallest absolute Gasteiger partial charge is 0.235 e. The third kappa shape index (κ3) is 1.61. The fraction of sp³-hybridized carbons (Fsp3) is 0.462. The molecule has 3 nitrogen and oxygen atoms in total. The van der Waals surface area contributed by atoms with Crippen molar-refractivity contribution in [2.75, 3.05) is 24.5 Å². The van der Waals surface area contributed by atoms with Crippen molar-refractivity contribution in [1.29, 1.82) is 0 Å². The van der Waals surface area contributed by atoms with Crippen LogP contribution in [0.15, 0.2) is 18.2 Å². The van der Waals surface area contributed by atoms with Crippen LogP contribution in [0.2, 0.25) is 0 Å². The lowest BCUT2D eigenvalue weighted by Crippen LogP contribution is -2.64. The van der Waals surface area contributed by atoms with Crippen LogP contribution in [0.4, 0.5) is 14.5 Å². The van der Waals surface area contributed by atoms with Gasteiger partial charge in [-0.25, -0.2) is 8.78 Å². The van der Waals surface area contributed by atoms with Crippen molar-refractivity contribution in [3.05, 3.63) is 29.8 Å². The van der Waals surface area contributed by atoms with Crippen molar-refractivity contribution < 1.29 is 13.6 Å². The molecule has 2 heterocycles. The summed E-state index contributed by atoms with van der Waals surface area (Å²) < 4.78 is 26.4. The molecule has 5 heteroatoms. The number of rotatable bonds is 1. The van der Waals surface area contributed by atoms with E-state index in [1.54, 1.807) is 0 Å². The number of anilines is 1. The number of nitrogens with zero attached hydrogens (tertiary/aromatic N) is 1. The van der Waals surface area contributed by atoms with E-state index in [0.717, 1.165) is 32.0 Å².